The molecule has 27 heavy (non-hydrogen) atoms. The first-order chi connectivity index (χ1) is 12.5. The third-order valence-electron chi connectivity index (χ3n) is 4.99. The molecular formula is C20H33N3O3S. The number of amides is 1. The highest BCUT2D eigenvalue weighted by molar-refractivity contribution is 7.89. The Labute approximate surface area is 164 Å². The summed E-state index contributed by atoms with van der Waals surface area (Å²) in [6.07, 6.45) is 0.481. The van der Waals surface area contributed by atoms with Crippen molar-refractivity contribution in [1.29, 1.82) is 0 Å². The van der Waals surface area contributed by atoms with Crippen LogP contribution in [-0.2, 0) is 14.8 Å². The lowest BCUT2D eigenvalue weighted by atomic mass is 10.0. The van der Waals surface area contributed by atoms with Crippen LogP contribution in [0.15, 0.2) is 17.0 Å². The molecule has 1 aromatic carbocycles. The van der Waals surface area contributed by atoms with Gasteiger partial charge in [0.05, 0.1) is 4.90 Å². The van der Waals surface area contributed by atoms with E-state index in [1.54, 1.807) is 18.7 Å². The molecule has 2 rings (SSSR count). The van der Waals surface area contributed by atoms with E-state index in [9.17, 15) is 13.2 Å². The van der Waals surface area contributed by atoms with Crippen molar-refractivity contribution in [2.45, 2.75) is 52.0 Å². The van der Waals surface area contributed by atoms with Crippen LogP contribution in [0.2, 0.25) is 0 Å². The number of aryl methyl sites for hydroxylation is 3. The fourth-order valence-electron chi connectivity index (χ4n) is 3.75. The summed E-state index contributed by atoms with van der Waals surface area (Å²) in [5, 5.41) is 0. The van der Waals surface area contributed by atoms with Crippen LogP contribution in [0.1, 0.15) is 37.0 Å². The van der Waals surface area contributed by atoms with Gasteiger partial charge in [0.15, 0.2) is 0 Å². The Kier molecular flexibility index (Phi) is 7.05. The third kappa shape index (κ3) is 5.53. The standard InChI is InChI=1S/C20H33N3O3S/c1-14(2)11-18(20(24)23-9-7-22(6)8-10-23)21-27(25,26)19-16(4)12-15(3)13-17(19)5/h12-14,18,21H,7-11H2,1-6H3/t18-/m1/s1. The largest absolute Gasteiger partial charge is 0.339 e. The van der Waals surface area contributed by atoms with Gasteiger partial charge in [0.25, 0.3) is 0 Å². The molecule has 0 bridgehead atoms. The van der Waals surface area contributed by atoms with Gasteiger partial charge in [-0.2, -0.15) is 4.72 Å². The molecule has 1 fully saturated rings. The van der Waals surface area contributed by atoms with E-state index in [0.29, 0.717) is 30.6 Å². The van der Waals surface area contributed by atoms with Crippen molar-refractivity contribution in [1.82, 2.24) is 14.5 Å². The van der Waals surface area contributed by atoms with Crippen LogP contribution < -0.4 is 4.72 Å². The summed E-state index contributed by atoms with van der Waals surface area (Å²) < 4.78 is 29.0. The van der Waals surface area contributed by atoms with Crippen LogP contribution >= 0.6 is 0 Å². The fourth-order valence-corrected chi connectivity index (χ4v) is 5.41. The zero-order valence-electron chi connectivity index (χ0n) is 17.4. The van der Waals surface area contributed by atoms with Crippen molar-refractivity contribution in [3.05, 3.63) is 28.8 Å². The van der Waals surface area contributed by atoms with E-state index in [1.807, 2.05) is 40.0 Å². The van der Waals surface area contributed by atoms with E-state index in [-0.39, 0.29) is 16.7 Å². The minimum Gasteiger partial charge on any atom is -0.339 e. The zero-order valence-corrected chi connectivity index (χ0v) is 18.2. The summed E-state index contributed by atoms with van der Waals surface area (Å²) in [6, 6.07) is 2.99. The maximum absolute atomic E-state index is 13.1. The first kappa shape index (κ1) is 21.9. The van der Waals surface area contributed by atoms with Gasteiger partial charge in [-0.25, -0.2) is 8.42 Å². The number of nitrogens with zero attached hydrogens (tertiary/aromatic N) is 2. The van der Waals surface area contributed by atoms with Gasteiger partial charge in [-0.15, -0.1) is 0 Å². The second-order valence-corrected chi connectivity index (χ2v) is 9.81. The van der Waals surface area contributed by atoms with Crippen LogP contribution in [0, 0.1) is 26.7 Å². The maximum Gasteiger partial charge on any atom is 0.241 e. The minimum atomic E-state index is -3.79. The molecule has 7 heteroatoms. The normalized spacial score (nSPS) is 17.4. The number of hydrogen-bond acceptors (Lipinski definition) is 4. The van der Waals surface area contributed by atoms with Gasteiger partial charge in [-0.3, -0.25) is 4.79 Å². The molecule has 152 valence electrons. The van der Waals surface area contributed by atoms with Crippen molar-refractivity contribution in [3.8, 4) is 0 Å². The quantitative estimate of drug-likeness (QED) is 0.801. The lowest BCUT2D eigenvalue weighted by Crippen LogP contribution is -2.54. The van der Waals surface area contributed by atoms with Gasteiger partial charge >= 0.3 is 0 Å². The Morgan fingerprint density at radius 3 is 2.07 bits per heavy atom. The van der Waals surface area contributed by atoms with Crippen LogP contribution in [0.4, 0.5) is 0 Å². The van der Waals surface area contributed by atoms with Crippen molar-refractivity contribution >= 4 is 15.9 Å². The number of piperazine rings is 1. The number of carbonyl (C=O) groups is 1. The molecule has 0 aromatic heterocycles. The van der Waals surface area contributed by atoms with E-state index in [2.05, 4.69) is 9.62 Å². The first-order valence-corrected chi connectivity index (χ1v) is 11.1. The molecule has 1 amide bonds. The molecule has 1 aliphatic heterocycles. The molecule has 1 aliphatic rings. The number of carbonyl (C=O) groups excluding carboxylic acids is 1. The van der Waals surface area contributed by atoms with Gasteiger partial charge in [0.2, 0.25) is 15.9 Å². The van der Waals surface area contributed by atoms with E-state index in [0.717, 1.165) is 18.7 Å². The molecular weight excluding hydrogens is 362 g/mol. The SMILES string of the molecule is Cc1cc(C)c(S(=O)(=O)N[C@H](CC(C)C)C(=O)N2CCN(C)CC2)c(C)c1. The lowest BCUT2D eigenvalue weighted by molar-refractivity contribution is -0.135. The summed E-state index contributed by atoms with van der Waals surface area (Å²) in [4.78, 5) is 17.3. The second-order valence-electron chi connectivity index (χ2n) is 8.16. The molecule has 1 heterocycles. The monoisotopic (exact) mass is 395 g/mol. The Morgan fingerprint density at radius 1 is 1.07 bits per heavy atom. The Hall–Kier alpha value is -1.44. The smallest absolute Gasteiger partial charge is 0.241 e. The third-order valence-corrected chi connectivity index (χ3v) is 6.77. The van der Waals surface area contributed by atoms with E-state index in [4.69, 9.17) is 0 Å². The number of rotatable bonds is 6. The van der Waals surface area contributed by atoms with Crippen molar-refractivity contribution in [3.63, 3.8) is 0 Å². The average molecular weight is 396 g/mol. The molecule has 0 aliphatic carbocycles. The summed E-state index contributed by atoms with van der Waals surface area (Å²) >= 11 is 0. The highest BCUT2D eigenvalue weighted by Crippen LogP contribution is 2.23. The van der Waals surface area contributed by atoms with Crippen LogP contribution in [0.5, 0.6) is 0 Å². The molecule has 1 N–H and O–H groups in total. The van der Waals surface area contributed by atoms with Gasteiger partial charge in [0, 0.05) is 26.2 Å². The molecule has 0 unspecified atom stereocenters. The summed E-state index contributed by atoms with van der Waals surface area (Å²) in [5.41, 5.74) is 2.43. The molecule has 0 saturated carbocycles. The maximum atomic E-state index is 13.1. The summed E-state index contributed by atoms with van der Waals surface area (Å²) in [6.45, 7) is 12.4. The van der Waals surface area contributed by atoms with Gasteiger partial charge in [0.1, 0.15) is 6.04 Å². The Bertz CT molecular complexity index is 759. The van der Waals surface area contributed by atoms with Crippen molar-refractivity contribution < 1.29 is 13.2 Å². The van der Waals surface area contributed by atoms with Crippen LogP contribution in [0.3, 0.4) is 0 Å². The minimum absolute atomic E-state index is 0.122. The average Bonchev–Trinajstić information content (AvgIpc) is 2.52. The number of likely N-dealkylation sites (N-methyl/N-ethyl adjacent to an activating group) is 1. The molecule has 6 nitrogen and oxygen atoms in total. The second kappa shape index (κ2) is 8.71. The number of nitrogens with one attached hydrogen (secondary N) is 1. The van der Waals surface area contributed by atoms with Crippen LogP contribution in [0.25, 0.3) is 0 Å². The van der Waals surface area contributed by atoms with E-state index >= 15 is 0 Å². The Balaban J connectivity index is 2.28. The van der Waals surface area contributed by atoms with E-state index in [1.165, 1.54) is 0 Å². The molecule has 1 saturated heterocycles. The highest BCUT2D eigenvalue weighted by atomic mass is 32.2. The van der Waals surface area contributed by atoms with Crippen molar-refractivity contribution in [2.24, 2.45) is 5.92 Å². The summed E-state index contributed by atoms with van der Waals surface area (Å²) in [7, 11) is -1.76. The highest BCUT2D eigenvalue weighted by Gasteiger charge is 2.32. The fraction of sp³-hybridized carbons (Fsp3) is 0.650. The van der Waals surface area contributed by atoms with E-state index < -0.39 is 16.1 Å². The molecule has 0 radical (unpaired) electrons. The predicted octanol–water partition coefficient (Wildman–Crippen LogP) is 2.08. The number of hydrogen-bond donors (Lipinski definition) is 1. The van der Waals surface area contributed by atoms with Gasteiger partial charge in [-0.1, -0.05) is 31.5 Å². The lowest BCUT2D eigenvalue weighted by Gasteiger charge is -2.35. The summed E-state index contributed by atoms with van der Waals surface area (Å²) in [5.74, 6) is 0.0807. The first-order valence-electron chi connectivity index (χ1n) is 9.58. The van der Waals surface area contributed by atoms with Crippen LogP contribution in [-0.4, -0.2) is 63.4 Å². The molecule has 1 aromatic rings. The van der Waals surface area contributed by atoms with Crippen molar-refractivity contribution in [2.75, 3.05) is 33.2 Å². The molecule has 0 spiro atoms. The van der Waals surface area contributed by atoms with Gasteiger partial charge < -0.3 is 9.80 Å². The number of benzene rings is 1. The molecule has 1 atom stereocenters. The topological polar surface area (TPSA) is 69.7 Å². The van der Waals surface area contributed by atoms with Gasteiger partial charge in [-0.05, 0) is 51.3 Å². The zero-order chi connectivity index (χ0) is 20.4. The Morgan fingerprint density at radius 2 is 1.59 bits per heavy atom. The predicted molar refractivity (Wildman–Crippen MR) is 108 cm³/mol. The number of sulfonamides is 1.